The molecule has 1 aliphatic heterocycles. The first-order chi connectivity index (χ1) is 19.0. The number of hydrogen-bond acceptors (Lipinski definition) is 6. The number of amides is 1. The number of benzene rings is 3. The summed E-state index contributed by atoms with van der Waals surface area (Å²) in [6, 6.07) is 20.1. The summed E-state index contributed by atoms with van der Waals surface area (Å²) in [5.74, 6) is -0.657. The van der Waals surface area contributed by atoms with Gasteiger partial charge < -0.3 is 24.9 Å². The fraction of sp³-hybridized carbons (Fsp3) is 0.323. The lowest BCUT2D eigenvalue weighted by molar-refractivity contribution is -0.161. The largest absolute Gasteiger partial charge is 0.497 e. The van der Waals surface area contributed by atoms with Gasteiger partial charge in [-0.3, -0.25) is 4.79 Å². The molecule has 0 aromatic heterocycles. The van der Waals surface area contributed by atoms with Crippen LogP contribution in [0.5, 0.6) is 5.75 Å². The van der Waals surface area contributed by atoms with E-state index in [2.05, 4.69) is 16.5 Å². The molecule has 3 aromatic carbocycles. The van der Waals surface area contributed by atoms with Crippen molar-refractivity contribution in [3.05, 3.63) is 88.4 Å². The second kappa shape index (κ2) is 10.5. The van der Waals surface area contributed by atoms with E-state index in [1.54, 1.807) is 38.3 Å². The Morgan fingerprint density at radius 1 is 1.10 bits per heavy atom. The molecule has 1 unspecified atom stereocenters. The molecule has 40 heavy (non-hydrogen) atoms. The number of para-hydroxylation sites is 1. The fourth-order valence-electron chi connectivity index (χ4n) is 4.95. The average molecular weight is 562 g/mol. The van der Waals surface area contributed by atoms with Crippen molar-refractivity contribution in [1.82, 2.24) is 0 Å². The van der Waals surface area contributed by atoms with Gasteiger partial charge in [-0.1, -0.05) is 47.1 Å². The lowest BCUT2D eigenvalue weighted by Crippen LogP contribution is -2.38. The van der Waals surface area contributed by atoms with Gasteiger partial charge in [0.15, 0.2) is 0 Å². The molecule has 1 saturated carbocycles. The summed E-state index contributed by atoms with van der Waals surface area (Å²) in [6.07, 6.45) is 2.15. The summed E-state index contributed by atoms with van der Waals surface area (Å²) in [6.45, 7) is 5.22. The van der Waals surface area contributed by atoms with Gasteiger partial charge in [0.05, 0.1) is 12.8 Å². The lowest BCUT2D eigenvalue weighted by atomic mass is 9.99. The number of aliphatic carboxylic acids is 1. The molecule has 1 aliphatic carbocycles. The maximum atomic E-state index is 14.3. The van der Waals surface area contributed by atoms with Crippen LogP contribution in [0.4, 0.5) is 11.4 Å². The molecule has 0 bridgehead atoms. The Morgan fingerprint density at radius 3 is 2.45 bits per heavy atom. The highest BCUT2D eigenvalue weighted by atomic mass is 35.5. The first-order valence-corrected chi connectivity index (χ1v) is 13.5. The number of methoxy groups -OCH3 is 1. The number of hydrogen-bond donors (Lipinski definition) is 2. The van der Waals surface area contributed by atoms with E-state index < -0.39 is 17.6 Å². The number of halogens is 1. The van der Waals surface area contributed by atoms with Gasteiger partial charge in [0.1, 0.15) is 11.8 Å². The summed E-state index contributed by atoms with van der Waals surface area (Å²) in [4.78, 5) is 32.9. The quantitative estimate of drug-likeness (QED) is 0.239. The van der Waals surface area contributed by atoms with E-state index >= 15 is 0 Å². The van der Waals surface area contributed by atoms with E-state index in [4.69, 9.17) is 21.2 Å². The van der Waals surface area contributed by atoms with Crippen LogP contribution in [0.2, 0.25) is 5.02 Å². The van der Waals surface area contributed by atoms with Gasteiger partial charge in [0, 0.05) is 40.0 Å². The van der Waals surface area contributed by atoms with Crippen LogP contribution in [0.25, 0.3) is 0 Å². The minimum absolute atomic E-state index is 0.0528. The number of carboxylic acid groups (broad SMARTS) is 1. The van der Waals surface area contributed by atoms with Crippen molar-refractivity contribution in [3.8, 4) is 5.75 Å². The zero-order valence-corrected chi connectivity index (χ0v) is 23.7. The number of carbonyl (C=O) groups is 2. The van der Waals surface area contributed by atoms with Crippen molar-refractivity contribution in [3.63, 3.8) is 0 Å². The molecular weight excluding hydrogens is 530 g/mol. The number of rotatable bonds is 9. The Balaban J connectivity index is 1.49. The fourth-order valence-corrected chi connectivity index (χ4v) is 5.08. The third-order valence-corrected chi connectivity index (χ3v) is 7.85. The van der Waals surface area contributed by atoms with Gasteiger partial charge in [-0.2, -0.15) is 0 Å². The SMILES string of the molecule is COc1cc(NC(C(=O)N2CC3(CC3)c3ccccc32)c2ccc(Cl)cc2)cc(C(C)=NOC(C)(C)C(=O)O)c1. The molecule has 1 amide bonds. The van der Waals surface area contributed by atoms with E-state index in [1.807, 2.05) is 41.3 Å². The van der Waals surface area contributed by atoms with Crippen molar-refractivity contribution in [2.75, 3.05) is 23.9 Å². The van der Waals surface area contributed by atoms with Gasteiger partial charge in [0.2, 0.25) is 5.60 Å². The maximum Gasteiger partial charge on any atom is 0.350 e. The van der Waals surface area contributed by atoms with Crippen LogP contribution < -0.4 is 15.0 Å². The summed E-state index contributed by atoms with van der Waals surface area (Å²) < 4.78 is 5.53. The molecule has 2 aliphatic rings. The second-order valence-electron chi connectivity index (χ2n) is 10.9. The molecule has 1 fully saturated rings. The number of nitrogens with zero attached hydrogens (tertiary/aromatic N) is 2. The third kappa shape index (κ3) is 5.36. The normalized spacial score (nSPS) is 16.3. The first kappa shape index (κ1) is 27.5. The Bertz CT molecular complexity index is 1480. The predicted octanol–water partition coefficient (Wildman–Crippen LogP) is 6.18. The van der Waals surface area contributed by atoms with Gasteiger partial charge >= 0.3 is 5.97 Å². The van der Waals surface area contributed by atoms with E-state index in [1.165, 1.54) is 19.4 Å². The van der Waals surface area contributed by atoms with E-state index in [0.717, 1.165) is 24.1 Å². The number of oxime groups is 1. The predicted molar refractivity (Wildman–Crippen MR) is 156 cm³/mol. The van der Waals surface area contributed by atoms with Crippen molar-refractivity contribution < 1.29 is 24.3 Å². The zero-order chi connectivity index (χ0) is 28.7. The number of ether oxygens (including phenoxy) is 1. The van der Waals surface area contributed by atoms with Crippen LogP contribution >= 0.6 is 11.6 Å². The molecule has 2 N–H and O–H groups in total. The number of anilines is 2. The van der Waals surface area contributed by atoms with E-state index in [9.17, 15) is 14.7 Å². The molecule has 0 saturated heterocycles. The van der Waals surface area contributed by atoms with Crippen molar-refractivity contribution >= 4 is 40.6 Å². The Labute approximate surface area is 238 Å². The maximum absolute atomic E-state index is 14.3. The summed E-state index contributed by atoms with van der Waals surface area (Å²) in [7, 11) is 1.55. The zero-order valence-electron chi connectivity index (χ0n) is 22.9. The Morgan fingerprint density at radius 2 is 1.80 bits per heavy atom. The molecule has 0 radical (unpaired) electrons. The van der Waals surface area contributed by atoms with Crippen molar-refractivity contribution in [2.24, 2.45) is 5.16 Å². The molecule has 1 spiro atoms. The second-order valence-corrected chi connectivity index (χ2v) is 11.3. The molecule has 9 heteroatoms. The van der Waals surface area contributed by atoms with Crippen LogP contribution in [0.1, 0.15) is 56.3 Å². The first-order valence-electron chi connectivity index (χ1n) is 13.1. The van der Waals surface area contributed by atoms with Gasteiger partial charge in [-0.25, -0.2) is 4.79 Å². The van der Waals surface area contributed by atoms with E-state index in [-0.39, 0.29) is 11.3 Å². The summed E-state index contributed by atoms with van der Waals surface area (Å²) in [5.41, 5.74) is 3.25. The molecule has 3 aromatic rings. The van der Waals surface area contributed by atoms with Crippen LogP contribution in [0.3, 0.4) is 0 Å². The smallest absolute Gasteiger partial charge is 0.350 e. The highest BCUT2D eigenvalue weighted by molar-refractivity contribution is 6.30. The molecule has 208 valence electrons. The minimum atomic E-state index is -1.49. The van der Waals surface area contributed by atoms with Crippen LogP contribution in [0, 0.1) is 0 Å². The van der Waals surface area contributed by atoms with Crippen molar-refractivity contribution in [1.29, 1.82) is 0 Å². The standard InChI is InChI=1S/C31H32ClN3O5/c1-19(34-40-30(2,3)29(37)38)21-15-23(17-24(16-21)39-4)33-27(20-9-11-22(32)12-10-20)28(36)35-18-31(13-14-31)25-7-5-6-8-26(25)35/h5-12,15-17,27,33H,13-14,18H2,1-4H3,(H,37,38). The highest BCUT2D eigenvalue weighted by Crippen LogP contribution is 2.56. The molecule has 1 atom stereocenters. The summed E-state index contributed by atoms with van der Waals surface area (Å²) >= 11 is 6.18. The number of nitrogens with one attached hydrogen (secondary N) is 1. The van der Waals surface area contributed by atoms with E-state index in [0.29, 0.717) is 34.3 Å². The van der Waals surface area contributed by atoms with Crippen LogP contribution in [-0.2, 0) is 19.8 Å². The van der Waals surface area contributed by atoms with Gasteiger partial charge in [-0.15, -0.1) is 0 Å². The number of fused-ring (bicyclic) bond motifs is 2. The Hall–Kier alpha value is -4.04. The third-order valence-electron chi connectivity index (χ3n) is 7.59. The molecule has 5 rings (SSSR count). The Kier molecular flexibility index (Phi) is 7.23. The topological polar surface area (TPSA) is 100 Å². The van der Waals surface area contributed by atoms with Crippen LogP contribution in [0.15, 0.2) is 71.9 Å². The highest BCUT2D eigenvalue weighted by Gasteiger charge is 2.53. The monoisotopic (exact) mass is 561 g/mol. The van der Waals surface area contributed by atoms with Gasteiger partial charge in [-0.05, 0) is 75.1 Å². The minimum Gasteiger partial charge on any atom is -0.497 e. The average Bonchev–Trinajstić information content (AvgIpc) is 3.66. The molecular formula is C31H32ClN3O5. The molecule has 1 heterocycles. The van der Waals surface area contributed by atoms with Crippen LogP contribution in [-0.4, -0.2) is 42.0 Å². The number of carbonyl (C=O) groups excluding carboxylic acids is 1. The molecule has 8 nitrogen and oxygen atoms in total. The van der Waals surface area contributed by atoms with Crippen molar-refractivity contribution in [2.45, 2.75) is 50.7 Å². The lowest BCUT2D eigenvalue weighted by Gasteiger charge is -2.27. The number of carboxylic acids is 1. The summed E-state index contributed by atoms with van der Waals surface area (Å²) in [5, 5.41) is 17.4. The van der Waals surface area contributed by atoms with Gasteiger partial charge in [0.25, 0.3) is 5.91 Å².